The van der Waals surface area contributed by atoms with Crippen molar-refractivity contribution in [1.82, 2.24) is 0 Å². The van der Waals surface area contributed by atoms with Crippen LogP contribution in [0.3, 0.4) is 0 Å². The van der Waals surface area contributed by atoms with Crippen LogP contribution in [0.5, 0.6) is 0 Å². The van der Waals surface area contributed by atoms with E-state index in [1.807, 2.05) is 0 Å². The molecule has 0 amide bonds. The molecule has 0 spiro atoms. The Morgan fingerprint density at radius 2 is 1.00 bits per heavy atom. The van der Waals surface area contributed by atoms with E-state index < -0.39 is 22.8 Å². The predicted molar refractivity (Wildman–Crippen MR) is 68.8 cm³/mol. The van der Waals surface area contributed by atoms with Crippen LogP contribution < -0.4 is 0 Å². The van der Waals surface area contributed by atoms with E-state index >= 15 is 0 Å². The minimum absolute atomic E-state index is 0.140. The van der Waals surface area contributed by atoms with Crippen LogP contribution in [0.2, 0.25) is 0 Å². The lowest BCUT2D eigenvalue weighted by Gasteiger charge is -2.75. The summed E-state index contributed by atoms with van der Waals surface area (Å²) in [4.78, 5) is 24.2. The Bertz CT molecular complexity index is 467. The maximum atomic E-state index is 12.1. The molecule has 8 bridgehead atoms. The third-order valence-corrected chi connectivity index (χ3v) is 8.02. The fourth-order valence-electron chi connectivity index (χ4n) is 7.82. The van der Waals surface area contributed by atoms with Crippen LogP contribution >= 0.6 is 0 Å². The van der Waals surface area contributed by atoms with E-state index in [9.17, 15) is 19.8 Å². The van der Waals surface area contributed by atoms with Gasteiger partial charge in [-0.2, -0.15) is 0 Å². The van der Waals surface area contributed by atoms with Crippen molar-refractivity contribution in [3.05, 3.63) is 0 Å². The number of aliphatic carboxylic acids is 2. The number of hydrogen-bond donors (Lipinski definition) is 2. The molecule has 0 heterocycles. The molecule has 2 N–H and O–H groups in total. The Morgan fingerprint density at radius 1 is 0.700 bits per heavy atom. The van der Waals surface area contributed by atoms with E-state index in [2.05, 4.69) is 0 Å². The standard InChI is InChI=1S/C16H20O4/c17-13(18)15-6-8-3-10-9(15)1-7-2-11(15)12(4-8)16(10,5-7)14(19)20/h7-12H,1-6H2,(H,17,18)(H,19,20). The molecule has 0 aromatic heterocycles. The highest BCUT2D eigenvalue weighted by Gasteiger charge is 2.79. The summed E-state index contributed by atoms with van der Waals surface area (Å²) in [6.07, 6.45) is 5.55. The van der Waals surface area contributed by atoms with Crippen LogP contribution in [0.25, 0.3) is 0 Å². The van der Waals surface area contributed by atoms with Gasteiger partial charge in [0.05, 0.1) is 10.8 Å². The van der Waals surface area contributed by atoms with Gasteiger partial charge in [0.1, 0.15) is 0 Å². The zero-order chi connectivity index (χ0) is 13.9. The molecule has 4 nitrogen and oxygen atoms in total. The quantitative estimate of drug-likeness (QED) is 0.811. The van der Waals surface area contributed by atoms with Crippen molar-refractivity contribution in [2.45, 2.75) is 38.5 Å². The summed E-state index contributed by atoms with van der Waals surface area (Å²) in [5.41, 5.74) is -1.13. The van der Waals surface area contributed by atoms with Gasteiger partial charge in [-0.3, -0.25) is 9.59 Å². The summed E-state index contributed by atoms with van der Waals surface area (Å²) in [7, 11) is 0. The lowest BCUT2D eigenvalue weighted by Crippen LogP contribution is -2.75. The summed E-state index contributed by atoms with van der Waals surface area (Å²) in [6, 6.07) is 0. The first kappa shape index (κ1) is 11.6. The Labute approximate surface area is 117 Å². The summed E-state index contributed by atoms with van der Waals surface area (Å²) >= 11 is 0. The second-order valence-corrected chi connectivity index (χ2v) is 8.20. The van der Waals surface area contributed by atoms with Gasteiger partial charge in [-0.25, -0.2) is 0 Å². The molecule has 7 aliphatic carbocycles. The highest BCUT2D eigenvalue weighted by Crippen LogP contribution is 2.79. The van der Waals surface area contributed by atoms with Crippen molar-refractivity contribution in [1.29, 1.82) is 0 Å². The van der Waals surface area contributed by atoms with E-state index in [0.717, 1.165) is 38.5 Å². The molecule has 0 aromatic carbocycles. The van der Waals surface area contributed by atoms with Crippen LogP contribution in [0, 0.1) is 46.3 Å². The number of carboxylic acid groups (broad SMARTS) is 2. The molecule has 7 saturated carbocycles. The first-order chi connectivity index (χ1) is 9.50. The Morgan fingerprint density at radius 3 is 1.25 bits per heavy atom. The number of carbonyl (C=O) groups is 2. The highest BCUT2D eigenvalue weighted by atomic mass is 16.4. The van der Waals surface area contributed by atoms with Gasteiger partial charge in [0.25, 0.3) is 0 Å². The number of carboxylic acids is 2. The molecule has 7 aliphatic rings. The highest BCUT2D eigenvalue weighted by molar-refractivity contribution is 5.81. The first-order valence-electron chi connectivity index (χ1n) is 7.97. The second-order valence-electron chi connectivity index (χ2n) is 8.20. The molecule has 4 heteroatoms. The topological polar surface area (TPSA) is 74.6 Å². The Hall–Kier alpha value is -1.06. The van der Waals surface area contributed by atoms with Gasteiger partial charge < -0.3 is 10.2 Å². The summed E-state index contributed by atoms with van der Waals surface area (Å²) < 4.78 is 0. The predicted octanol–water partition coefficient (Wildman–Crippen LogP) is 2.23. The fraction of sp³-hybridized carbons (Fsp3) is 0.875. The van der Waals surface area contributed by atoms with Crippen LogP contribution in [0.4, 0.5) is 0 Å². The normalized spacial score (nSPS) is 61.0. The van der Waals surface area contributed by atoms with Gasteiger partial charge in [0.2, 0.25) is 0 Å². The molecule has 0 radical (unpaired) electrons. The van der Waals surface area contributed by atoms with Gasteiger partial charge in [-0.05, 0) is 74.0 Å². The molecular weight excluding hydrogens is 256 g/mol. The van der Waals surface area contributed by atoms with E-state index in [1.54, 1.807) is 0 Å². The van der Waals surface area contributed by atoms with Gasteiger partial charge in [0, 0.05) is 0 Å². The van der Waals surface area contributed by atoms with Crippen molar-refractivity contribution in [2.75, 3.05) is 0 Å². The van der Waals surface area contributed by atoms with Crippen LogP contribution in [0.1, 0.15) is 38.5 Å². The molecule has 7 fully saturated rings. The van der Waals surface area contributed by atoms with Crippen molar-refractivity contribution in [2.24, 2.45) is 46.3 Å². The maximum Gasteiger partial charge on any atom is 0.310 e. The van der Waals surface area contributed by atoms with Gasteiger partial charge >= 0.3 is 11.9 Å². The van der Waals surface area contributed by atoms with Crippen molar-refractivity contribution >= 4 is 11.9 Å². The van der Waals surface area contributed by atoms with Gasteiger partial charge in [0.15, 0.2) is 0 Å². The van der Waals surface area contributed by atoms with Gasteiger partial charge in [-0.15, -0.1) is 0 Å². The first-order valence-corrected chi connectivity index (χ1v) is 7.97. The van der Waals surface area contributed by atoms with E-state index in [4.69, 9.17) is 0 Å². The minimum atomic E-state index is -0.619. The maximum absolute atomic E-state index is 12.1. The Balaban J connectivity index is 1.76. The number of hydrogen-bond acceptors (Lipinski definition) is 2. The van der Waals surface area contributed by atoms with Gasteiger partial charge in [-0.1, -0.05) is 0 Å². The fourth-order valence-corrected chi connectivity index (χ4v) is 7.82. The lowest BCUT2D eigenvalue weighted by molar-refractivity contribution is -0.290. The van der Waals surface area contributed by atoms with E-state index in [0.29, 0.717) is 11.8 Å². The molecule has 20 heavy (non-hydrogen) atoms. The zero-order valence-corrected chi connectivity index (χ0v) is 11.4. The average molecular weight is 276 g/mol. The molecule has 4 atom stereocenters. The monoisotopic (exact) mass is 276 g/mol. The molecular formula is C16H20O4. The van der Waals surface area contributed by atoms with Crippen molar-refractivity contribution in [3.8, 4) is 0 Å². The molecule has 0 aromatic rings. The molecule has 108 valence electrons. The van der Waals surface area contributed by atoms with Crippen LogP contribution in [-0.4, -0.2) is 22.2 Å². The minimum Gasteiger partial charge on any atom is -0.481 e. The largest absolute Gasteiger partial charge is 0.481 e. The Kier molecular flexibility index (Phi) is 1.78. The third kappa shape index (κ3) is 0.906. The molecule has 0 saturated heterocycles. The summed E-state index contributed by atoms with van der Waals surface area (Å²) in [5, 5.41) is 19.9. The molecule has 7 rings (SSSR count). The SMILES string of the molecule is O=C(O)C12CC3CC4C1CC1CC2C(C3)C4(C(=O)O)C1. The second kappa shape index (κ2) is 3.07. The average Bonchev–Trinajstić information content (AvgIpc) is 2.43. The smallest absolute Gasteiger partial charge is 0.310 e. The van der Waals surface area contributed by atoms with Crippen molar-refractivity contribution in [3.63, 3.8) is 0 Å². The summed E-state index contributed by atoms with van der Waals surface area (Å²) in [6.45, 7) is 0. The number of rotatable bonds is 2. The molecule has 4 unspecified atom stereocenters. The molecule has 0 aliphatic heterocycles. The third-order valence-electron chi connectivity index (χ3n) is 8.02. The van der Waals surface area contributed by atoms with E-state index in [-0.39, 0.29) is 23.7 Å². The zero-order valence-electron chi connectivity index (χ0n) is 11.4. The van der Waals surface area contributed by atoms with Crippen LogP contribution in [0.15, 0.2) is 0 Å². The van der Waals surface area contributed by atoms with E-state index in [1.165, 1.54) is 0 Å². The van der Waals surface area contributed by atoms with Crippen LogP contribution in [-0.2, 0) is 9.59 Å². The summed E-state index contributed by atoms with van der Waals surface area (Å²) in [5.74, 6) is 0.259. The van der Waals surface area contributed by atoms with Crippen molar-refractivity contribution < 1.29 is 19.8 Å². The lowest BCUT2D eigenvalue weighted by atomic mass is 9.27.